The van der Waals surface area contributed by atoms with E-state index in [0.29, 0.717) is 0 Å². The van der Waals surface area contributed by atoms with Crippen LogP contribution in [0.5, 0.6) is 0 Å². The number of benzene rings is 1. The van der Waals surface area contributed by atoms with E-state index in [1.807, 2.05) is 12.1 Å². The Kier molecular flexibility index (Phi) is 3.53. The van der Waals surface area contributed by atoms with Crippen LogP contribution in [-0.2, 0) is 6.42 Å². The molecule has 2 N–H and O–H groups in total. The molecular formula is C15H15N3S. The maximum Gasteiger partial charge on any atom is 0.0890 e. The van der Waals surface area contributed by atoms with Crippen molar-refractivity contribution in [2.24, 2.45) is 5.73 Å². The molecule has 0 fully saturated rings. The molecule has 0 saturated carbocycles. The molecule has 0 aliphatic heterocycles. The van der Waals surface area contributed by atoms with Crippen LogP contribution < -0.4 is 5.73 Å². The van der Waals surface area contributed by atoms with E-state index in [9.17, 15) is 0 Å². The van der Waals surface area contributed by atoms with Crippen molar-refractivity contribution in [3.63, 3.8) is 0 Å². The van der Waals surface area contributed by atoms with Crippen molar-refractivity contribution in [2.75, 3.05) is 0 Å². The lowest BCUT2D eigenvalue weighted by molar-refractivity contribution is 0.653. The summed E-state index contributed by atoms with van der Waals surface area (Å²) in [6, 6.07) is 8.28. The lowest BCUT2D eigenvalue weighted by Gasteiger charge is -2.12. The van der Waals surface area contributed by atoms with Gasteiger partial charge in [-0.3, -0.25) is 9.97 Å². The maximum absolute atomic E-state index is 6.26. The lowest BCUT2D eigenvalue weighted by Crippen LogP contribution is -2.11. The molecule has 1 aromatic carbocycles. The first-order chi connectivity index (χ1) is 9.33. The summed E-state index contributed by atoms with van der Waals surface area (Å²) in [5.41, 5.74) is 10.6. The first-order valence-electron chi connectivity index (χ1n) is 6.30. The summed E-state index contributed by atoms with van der Waals surface area (Å²) in [5, 5.41) is 4.28. The number of aryl methyl sites for hydroxylation is 1. The number of hydrogen-bond acceptors (Lipinski definition) is 4. The summed E-state index contributed by atoms with van der Waals surface area (Å²) >= 11 is 1.73. The molecule has 0 aliphatic rings. The minimum absolute atomic E-state index is 0.0475. The Balaban J connectivity index is 1.75. The monoisotopic (exact) mass is 269 g/mol. The minimum atomic E-state index is 0.0475. The number of hydrogen-bond donors (Lipinski definition) is 1. The standard InChI is InChI=1S/C15H15N3S/c16-13(3-1-11-5-8-19-10-11)12-2-4-14-15(9-12)18-7-6-17-14/h2,4-10,13H,1,3,16H2. The van der Waals surface area contributed by atoms with Crippen molar-refractivity contribution < 1.29 is 0 Å². The van der Waals surface area contributed by atoms with Crippen molar-refractivity contribution in [3.8, 4) is 0 Å². The highest BCUT2D eigenvalue weighted by Crippen LogP contribution is 2.20. The van der Waals surface area contributed by atoms with Crippen LogP contribution in [0.2, 0.25) is 0 Å². The number of fused-ring (bicyclic) bond motifs is 1. The summed E-state index contributed by atoms with van der Waals surface area (Å²) in [6.45, 7) is 0. The maximum atomic E-state index is 6.26. The molecule has 3 rings (SSSR count). The zero-order valence-corrected chi connectivity index (χ0v) is 11.3. The smallest absolute Gasteiger partial charge is 0.0890 e. The van der Waals surface area contributed by atoms with Gasteiger partial charge in [0, 0.05) is 18.4 Å². The Morgan fingerprint density at radius 2 is 1.95 bits per heavy atom. The fourth-order valence-electron chi connectivity index (χ4n) is 2.13. The van der Waals surface area contributed by atoms with Crippen LogP contribution in [0.15, 0.2) is 47.4 Å². The van der Waals surface area contributed by atoms with Gasteiger partial charge in [0.15, 0.2) is 0 Å². The van der Waals surface area contributed by atoms with Crippen molar-refractivity contribution >= 4 is 22.4 Å². The quantitative estimate of drug-likeness (QED) is 0.790. The summed E-state index contributed by atoms with van der Waals surface area (Å²) in [7, 11) is 0. The second-order valence-corrected chi connectivity index (χ2v) is 5.36. The lowest BCUT2D eigenvalue weighted by atomic mass is 10.0. The van der Waals surface area contributed by atoms with Gasteiger partial charge in [-0.1, -0.05) is 6.07 Å². The third-order valence-corrected chi connectivity index (χ3v) is 3.98. The normalized spacial score (nSPS) is 12.7. The number of aromatic nitrogens is 2. The summed E-state index contributed by atoms with van der Waals surface area (Å²) in [4.78, 5) is 8.58. The molecule has 2 heterocycles. The fourth-order valence-corrected chi connectivity index (χ4v) is 2.84. The number of nitrogens with zero attached hydrogens (tertiary/aromatic N) is 2. The Morgan fingerprint density at radius 3 is 2.74 bits per heavy atom. The third kappa shape index (κ3) is 2.80. The largest absolute Gasteiger partial charge is 0.324 e. The van der Waals surface area contributed by atoms with Gasteiger partial charge in [-0.05, 0) is 52.9 Å². The molecule has 3 nitrogen and oxygen atoms in total. The molecule has 0 aliphatic carbocycles. The Labute approximate surface area is 116 Å². The van der Waals surface area contributed by atoms with Crippen LogP contribution in [0.25, 0.3) is 11.0 Å². The van der Waals surface area contributed by atoms with Crippen LogP contribution >= 0.6 is 11.3 Å². The van der Waals surface area contributed by atoms with Crippen LogP contribution in [0.4, 0.5) is 0 Å². The number of rotatable bonds is 4. The van der Waals surface area contributed by atoms with Gasteiger partial charge in [-0.2, -0.15) is 11.3 Å². The molecule has 0 radical (unpaired) electrons. The van der Waals surface area contributed by atoms with E-state index in [2.05, 4.69) is 32.9 Å². The minimum Gasteiger partial charge on any atom is -0.324 e. The molecule has 96 valence electrons. The van der Waals surface area contributed by atoms with Gasteiger partial charge in [0.2, 0.25) is 0 Å². The molecule has 0 amide bonds. The summed E-state index contributed by atoms with van der Waals surface area (Å²) in [5.74, 6) is 0. The molecule has 0 spiro atoms. The SMILES string of the molecule is NC(CCc1ccsc1)c1ccc2nccnc2c1. The van der Waals surface area contributed by atoms with Gasteiger partial charge in [0.1, 0.15) is 0 Å². The van der Waals surface area contributed by atoms with Gasteiger partial charge >= 0.3 is 0 Å². The summed E-state index contributed by atoms with van der Waals surface area (Å²) < 4.78 is 0. The first-order valence-corrected chi connectivity index (χ1v) is 7.24. The zero-order chi connectivity index (χ0) is 13.1. The highest BCUT2D eigenvalue weighted by atomic mass is 32.1. The van der Waals surface area contributed by atoms with E-state index in [4.69, 9.17) is 5.73 Å². The van der Waals surface area contributed by atoms with Crippen molar-refractivity contribution in [1.29, 1.82) is 0 Å². The van der Waals surface area contributed by atoms with E-state index >= 15 is 0 Å². The third-order valence-electron chi connectivity index (χ3n) is 3.25. The molecule has 0 bridgehead atoms. The van der Waals surface area contributed by atoms with Crippen molar-refractivity contribution in [2.45, 2.75) is 18.9 Å². The Bertz CT molecular complexity index is 664. The molecule has 19 heavy (non-hydrogen) atoms. The molecule has 1 unspecified atom stereocenters. The summed E-state index contributed by atoms with van der Waals surface area (Å²) in [6.07, 6.45) is 5.38. The Morgan fingerprint density at radius 1 is 1.11 bits per heavy atom. The van der Waals surface area contributed by atoms with Gasteiger partial charge in [-0.25, -0.2) is 0 Å². The van der Waals surface area contributed by atoms with Crippen LogP contribution in [0, 0.1) is 0 Å². The van der Waals surface area contributed by atoms with Crippen LogP contribution in [0.3, 0.4) is 0 Å². The molecule has 3 aromatic rings. The van der Waals surface area contributed by atoms with Gasteiger partial charge in [0.25, 0.3) is 0 Å². The van der Waals surface area contributed by atoms with Gasteiger partial charge < -0.3 is 5.73 Å². The topological polar surface area (TPSA) is 51.8 Å². The average Bonchev–Trinajstić information content (AvgIpc) is 2.97. The molecule has 0 saturated heterocycles. The highest BCUT2D eigenvalue weighted by molar-refractivity contribution is 7.07. The van der Waals surface area contributed by atoms with Crippen LogP contribution in [0.1, 0.15) is 23.6 Å². The van der Waals surface area contributed by atoms with Crippen LogP contribution in [-0.4, -0.2) is 9.97 Å². The zero-order valence-electron chi connectivity index (χ0n) is 10.5. The highest BCUT2D eigenvalue weighted by Gasteiger charge is 2.08. The number of thiophene rings is 1. The predicted molar refractivity (Wildman–Crippen MR) is 79.1 cm³/mol. The molecule has 1 atom stereocenters. The average molecular weight is 269 g/mol. The van der Waals surface area contributed by atoms with Crippen molar-refractivity contribution in [1.82, 2.24) is 9.97 Å². The first kappa shape index (κ1) is 12.3. The number of nitrogens with two attached hydrogens (primary N) is 1. The predicted octanol–water partition coefficient (Wildman–Crippen LogP) is 3.32. The Hall–Kier alpha value is -1.78. The van der Waals surface area contributed by atoms with E-state index in [1.54, 1.807) is 23.7 Å². The van der Waals surface area contributed by atoms with E-state index < -0.39 is 0 Å². The van der Waals surface area contributed by atoms with Crippen molar-refractivity contribution in [3.05, 3.63) is 58.5 Å². The second kappa shape index (κ2) is 5.47. The molecule has 2 aromatic heterocycles. The van der Waals surface area contributed by atoms with Gasteiger partial charge in [-0.15, -0.1) is 0 Å². The second-order valence-electron chi connectivity index (χ2n) is 4.58. The molecule has 4 heteroatoms. The van der Waals surface area contributed by atoms with E-state index in [1.165, 1.54) is 5.56 Å². The van der Waals surface area contributed by atoms with E-state index in [0.717, 1.165) is 29.4 Å². The molecular weight excluding hydrogens is 254 g/mol. The van der Waals surface area contributed by atoms with E-state index in [-0.39, 0.29) is 6.04 Å². The fraction of sp³-hybridized carbons (Fsp3) is 0.200. The van der Waals surface area contributed by atoms with Gasteiger partial charge in [0.05, 0.1) is 11.0 Å².